The van der Waals surface area contributed by atoms with Crippen molar-refractivity contribution in [1.82, 2.24) is 4.90 Å². The van der Waals surface area contributed by atoms with Crippen LogP contribution in [0.25, 0.3) is 0 Å². The van der Waals surface area contributed by atoms with Gasteiger partial charge in [0.2, 0.25) is 0 Å². The number of aliphatic carboxylic acids is 1. The maximum absolute atomic E-state index is 10.9. The largest absolute Gasteiger partial charge is 0.493 e. The molecule has 0 spiro atoms. The minimum Gasteiger partial charge on any atom is -0.493 e. The summed E-state index contributed by atoms with van der Waals surface area (Å²) < 4.78 is 11.3. The van der Waals surface area contributed by atoms with Gasteiger partial charge in [0.05, 0.1) is 23.1 Å². The lowest BCUT2D eigenvalue weighted by Crippen LogP contribution is -2.49. The molecular formula is C19H19Cl2NO4. The van der Waals surface area contributed by atoms with E-state index < -0.39 is 5.97 Å². The van der Waals surface area contributed by atoms with E-state index in [1.165, 1.54) is 0 Å². The van der Waals surface area contributed by atoms with E-state index >= 15 is 0 Å². The van der Waals surface area contributed by atoms with Crippen LogP contribution in [0, 0.1) is 5.92 Å². The molecule has 0 amide bonds. The minimum absolute atomic E-state index is 0.259. The van der Waals surface area contributed by atoms with Crippen molar-refractivity contribution in [3.63, 3.8) is 0 Å². The molecule has 0 aromatic heterocycles. The number of methoxy groups -OCH3 is 1. The lowest BCUT2D eigenvalue weighted by molar-refractivity contribution is -0.147. The number of carboxylic acid groups (broad SMARTS) is 1. The van der Waals surface area contributed by atoms with Crippen LogP contribution >= 0.6 is 23.2 Å². The van der Waals surface area contributed by atoms with E-state index in [0.717, 1.165) is 11.1 Å². The summed E-state index contributed by atoms with van der Waals surface area (Å²) in [6, 6.07) is 11.1. The fraction of sp³-hybridized carbons (Fsp3) is 0.316. The maximum atomic E-state index is 10.9. The van der Waals surface area contributed by atoms with Crippen molar-refractivity contribution in [2.24, 2.45) is 5.92 Å². The molecule has 26 heavy (non-hydrogen) atoms. The molecule has 7 heteroatoms. The van der Waals surface area contributed by atoms with Gasteiger partial charge in [-0.25, -0.2) is 0 Å². The topological polar surface area (TPSA) is 59.0 Å². The van der Waals surface area contributed by atoms with Crippen LogP contribution in [-0.4, -0.2) is 36.2 Å². The van der Waals surface area contributed by atoms with E-state index in [9.17, 15) is 4.79 Å². The van der Waals surface area contributed by atoms with Crippen molar-refractivity contribution in [3.05, 3.63) is 57.6 Å². The molecule has 0 unspecified atom stereocenters. The molecule has 1 N–H and O–H groups in total. The Balaban J connectivity index is 1.61. The normalized spacial score (nSPS) is 14.7. The summed E-state index contributed by atoms with van der Waals surface area (Å²) in [6.07, 6.45) is 0. The van der Waals surface area contributed by atoms with Crippen molar-refractivity contribution < 1.29 is 19.4 Å². The van der Waals surface area contributed by atoms with Gasteiger partial charge in [-0.05, 0) is 35.4 Å². The van der Waals surface area contributed by atoms with Gasteiger partial charge in [-0.3, -0.25) is 9.69 Å². The number of rotatable bonds is 7. The monoisotopic (exact) mass is 395 g/mol. The zero-order valence-electron chi connectivity index (χ0n) is 14.2. The molecule has 0 bridgehead atoms. The maximum Gasteiger partial charge on any atom is 0.309 e. The molecular weight excluding hydrogens is 377 g/mol. The van der Waals surface area contributed by atoms with Gasteiger partial charge in [0.25, 0.3) is 0 Å². The van der Waals surface area contributed by atoms with Crippen LogP contribution in [-0.2, 0) is 17.9 Å². The molecule has 0 saturated carbocycles. The van der Waals surface area contributed by atoms with E-state index in [0.29, 0.717) is 47.8 Å². The number of hydrogen-bond acceptors (Lipinski definition) is 4. The molecule has 1 heterocycles. The Kier molecular flexibility index (Phi) is 5.91. The first-order valence-electron chi connectivity index (χ1n) is 8.15. The molecule has 2 aromatic carbocycles. The molecule has 138 valence electrons. The molecule has 1 aliphatic rings. The standard InChI is InChI=1S/C19H19Cl2NO4/c1-25-18-7-12(8-22-9-14(10-22)19(23)24)3-5-17(18)26-11-13-2-4-15(20)16(21)6-13/h2-7,14H,8-11H2,1H3,(H,23,24). The molecule has 1 aliphatic heterocycles. The Morgan fingerprint density at radius 3 is 2.50 bits per heavy atom. The van der Waals surface area contributed by atoms with Gasteiger partial charge >= 0.3 is 5.97 Å². The lowest BCUT2D eigenvalue weighted by atomic mass is 9.99. The second-order valence-electron chi connectivity index (χ2n) is 6.25. The fourth-order valence-corrected chi connectivity index (χ4v) is 3.15. The minimum atomic E-state index is -0.732. The number of ether oxygens (including phenoxy) is 2. The van der Waals surface area contributed by atoms with Gasteiger partial charge in [0, 0.05) is 19.6 Å². The van der Waals surface area contributed by atoms with E-state index in [1.54, 1.807) is 19.2 Å². The van der Waals surface area contributed by atoms with Crippen molar-refractivity contribution >= 4 is 29.2 Å². The summed E-state index contributed by atoms with van der Waals surface area (Å²) in [5.74, 6) is 0.280. The summed E-state index contributed by atoms with van der Waals surface area (Å²) in [4.78, 5) is 13.0. The van der Waals surface area contributed by atoms with Crippen molar-refractivity contribution in [2.45, 2.75) is 13.2 Å². The van der Waals surface area contributed by atoms with Crippen LogP contribution in [0.1, 0.15) is 11.1 Å². The summed E-state index contributed by atoms with van der Waals surface area (Å²) in [7, 11) is 1.59. The number of hydrogen-bond donors (Lipinski definition) is 1. The Morgan fingerprint density at radius 2 is 1.85 bits per heavy atom. The SMILES string of the molecule is COc1cc(CN2CC(C(=O)O)C2)ccc1OCc1ccc(Cl)c(Cl)c1. The Morgan fingerprint density at radius 1 is 1.12 bits per heavy atom. The molecule has 3 rings (SSSR count). The first-order chi connectivity index (χ1) is 12.5. The van der Waals surface area contributed by atoms with Gasteiger partial charge in [0.1, 0.15) is 6.61 Å². The molecule has 2 aromatic rings. The highest BCUT2D eigenvalue weighted by Gasteiger charge is 2.32. The number of benzene rings is 2. The van der Waals surface area contributed by atoms with Gasteiger partial charge in [-0.1, -0.05) is 35.3 Å². The zero-order chi connectivity index (χ0) is 18.7. The average molecular weight is 396 g/mol. The van der Waals surface area contributed by atoms with Crippen LogP contribution in [0.5, 0.6) is 11.5 Å². The molecule has 0 atom stereocenters. The molecule has 0 radical (unpaired) electrons. The molecule has 0 aliphatic carbocycles. The predicted octanol–water partition coefficient (Wildman–Crippen LogP) is 4.10. The molecule has 1 saturated heterocycles. The van der Waals surface area contributed by atoms with Crippen molar-refractivity contribution in [1.29, 1.82) is 0 Å². The smallest absolute Gasteiger partial charge is 0.309 e. The highest BCUT2D eigenvalue weighted by Crippen LogP contribution is 2.31. The molecule has 5 nitrogen and oxygen atoms in total. The highest BCUT2D eigenvalue weighted by atomic mass is 35.5. The summed E-state index contributed by atoms with van der Waals surface area (Å²) in [5.41, 5.74) is 1.96. The number of halogens is 2. The average Bonchev–Trinajstić information content (AvgIpc) is 2.58. The fourth-order valence-electron chi connectivity index (χ4n) is 2.83. The van der Waals surface area contributed by atoms with Crippen LogP contribution in [0.2, 0.25) is 10.0 Å². The third-order valence-electron chi connectivity index (χ3n) is 4.32. The Labute approximate surface area is 162 Å². The third kappa shape index (κ3) is 4.41. The summed E-state index contributed by atoms with van der Waals surface area (Å²) >= 11 is 11.9. The van der Waals surface area contributed by atoms with Crippen LogP contribution in [0.15, 0.2) is 36.4 Å². The number of carbonyl (C=O) groups is 1. The summed E-state index contributed by atoms with van der Waals surface area (Å²) in [5, 5.41) is 9.94. The second-order valence-corrected chi connectivity index (χ2v) is 7.07. The van der Waals surface area contributed by atoms with Crippen LogP contribution in [0.3, 0.4) is 0 Å². The third-order valence-corrected chi connectivity index (χ3v) is 5.06. The number of carboxylic acids is 1. The quantitative estimate of drug-likeness (QED) is 0.764. The van der Waals surface area contributed by atoms with Gasteiger partial charge in [-0.2, -0.15) is 0 Å². The number of likely N-dealkylation sites (tertiary alicyclic amines) is 1. The van der Waals surface area contributed by atoms with Crippen molar-refractivity contribution in [2.75, 3.05) is 20.2 Å². The second kappa shape index (κ2) is 8.16. The zero-order valence-corrected chi connectivity index (χ0v) is 15.8. The van der Waals surface area contributed by atoms with E-state index in [2.05, 4.69) is 4.90 Å². The summed E-state index contributed by atoms with van der Waals surface area (Å²) in [6.45, 7) is 2.19. The van der Waals surface area contributed by atoms with Crippen molar-refractivity contribution in [3.8, 4) is 11.5 Å². The molecule has 1 fully saturated rings. The van der Waals surface area contributed by atoms with E-state index in [-0.39, 0.29) is 5.92 Å². The van der Waals surface area contributed by atoms with Crippen LogP contribution in [0.4, 0.5) is 0 Å². The van der Waals surface area contributed by atoms with Gasteiger partial charge < -0.3 is 14.6 Å². The lowest BCUT2D eigenvalue weighted by Gasteiger charge is -2.36. The highest BCUT2D eigenvalue weighted by molar-refractivity contribution is 6.42. The van der Waals surface area contributed by atoms with E-state index in [1.807, 2.05) is 24.3 Å². The number of nitrogens with zero attached hydrogens (tertiary/aromatic N) is 1. The Bertz CT molecular complexity index is 806. The first-order valence-corrected chi connectivity index (χ1v) is 8.90. The predicted molar refractivity (Wildman–Crippen MR) is 100 cm³/mol. The van der Waals surface area contributed by atoms with E-state index in [4.69, 9.17) is 37.8 Å². The van der Waals surface area contributed by atoms with Gasteiger partial charge in [-0.15, -0.1) is 0 Å². The van der Waals surface area contributed by atoms with Gasteiger partial charge in [0.15, 0.2) is 11.5 Å². The van der Waals surface area contributed by atoms with Crippen LogP contribution < -0.4 is 9.47 Å². The first kappa shape index (κ1) is 18.8. The Hall–Kier alpha value is -1.95.